The standard InChI is InChI=1S/C8H8FNO2.K.H/c9-6-1-3-7(4-2-6)12-8(11)5-10;;/h1-4H,5,10H2;;. The Labute approximate surface area is 118 Å². The van der Waals surface area contributed by atoms with E-state index in [9.17, 15) is 9.18 Å². The molecule has 1 rings (SSSR count). The predicted molar refractivity (Wildman–Crippen MR) is 48.2 cm³/mol. The first-order chi connectivity index (χ1) is 5.72. The molecule has 0 aliphatic heterocycles. The van der Waals surface area contributed by atoms with E-state index >= 15 is 0 Å². The van der Waals surface area contributed by atoms with Gasteiger partial charge in [-0.2, -0.15) is 0 Å². The van der Waals surface area contributed by atoms with Crippen LogP contribution in [0.2, 0.25) is 0 Å². The van der Waals surface area contributed by atoms with E-state index < -0.39 is 5.97 Å². The third kappa shape index (κ3) is 4.85. The number of halogens is 1. The maximum absolute atomic E-state index is 12.3. The van der Waals surface area contributed by atoms with Crippen LogP contribution in [0.15, 0.2) is 24.3 Å². The van der Waals surface area contributed by atoms with Crippen molar-refractivity contribution >= 4 is 57.4 Å². The van der Waals surface area contributed by atoms with Gasteiger partial charge in [0.1, 0.15) is 11.6 Å². The second kappa shape index (κ2) is 6.64. The molecule has 0 spiro atoms. The molecular weight excluding hydrogens is 200 g/mol. The van der Waals surface area contributed by atoms with Crippen LogP contribution in [0.1, 0.15) is 0 Å². The molecule has 1 aromatic rings. The van der Waals surface area contributed by atoms with Gasteiger partial charge in [0.25, 0.3) is 0 Å². The summed E-state index contributed by atoms with van der Waals surface area (Å²) in [5.74, 6) is -0.615. The monoisotopic (exact) mass is 209 g/mol. The van der Waals surface area contributed by atoms with Gasteiger partial charge in [-0.15, -0.1) is 0 Å². The van der Waals surface area contributed by atoms with Crippen molar-refractivity contribution in [3.63, 3.8) is 0 Å². The summed E-state index contributed by atoms with van der Waals surface area (Å²) in [4.78, 5) is 10.6. The van der Waals surface area contributed by atoms with E-state index in [-0.39, 0.29) is 63.7 Å². The number of hydrogen-bond acceptors (Lipinski definition) is 3. The second-order valence-electron chi connectivity index (χ2n) is 2.13. The Morgan fingerprint density at radius 1 is 1.38 bits per heavy atom. The van der Waals surface area contributed by atoms with Gasteiger partial charge in [-0.3, -0.25) is 4.79 Å². The van der Waals surface area contributed by atoms with Crippen LogP contribution in [0.25, 0.3) is 0 Å². The van der Waals surface area contributed by atoms with Crippen LogP contribution in [0, 0.1) is 5.82 Å². The van der Waals surface area contributed by atoms with E-state index in [1.54, 1.807) is 0 Å². The molecule has 0 unspecified atom stereocenters. The van der Waals surface area contributed by atoms with Crippen LogP contribution in [0.3, 0.4) is 0 Å². The molecule has 0 heterocycles. The Balaban J connectivity index is 0.00000144. The molecule has 0 bridgehead atoms. The van der Waals surface area contributed by atoms with Gasteiger partial charge >= 0.3 is 57.4 Å². The zero-order valence-electron chi connectivity index (χ0n) is 6.29. The molecule has 0 saturated carbocycles. The molecule has 0 atom stereocenters. The average molecular weight is 209 g/mol. The molecule has 13 heavy (non-hydrogen) atoms. The summed E-state index contributed by atoms with van der Waals surface area (Å²) < 4.78 is 17.0. The molecule has 0 saturated heterocycles. The Hall–Kier alpha value is 0.216. The fraction of sp³-hybridized carbons (Fsp3) is 0.125. The van der Waals surface area contributed by atoms with Crippen LogP contribution < -0.4 is 10.5 Å². The summed E-state index contributed by atoms with van der Waals surface area (Å²) in [5.41, 5.74) is 5.00. The number of ether oxygens (including phenoxy) is 1. The van der Waals surface area contributed by atoms with Crippen LogP contribution in [0.4, 0.5) is 4.39 Å². The Bertz CT molecular complexity index is 276. The van der Waals surface area contributed by atoms with E-state index in [4.69, 9.17) is 5.73 Å². The molecule has 0 aliphatic rings. The van der Waals surface area contributed by atoms with Gasteiger partial charge in [0.2, 0.25) is 0 Å². The molecule has 3 nitrogen and oxygen atoms in total. The summed E-state index contributed by atoms with van der Waals surface area (Å²) in [7, 11) is 0. The van der Waals surface area contributed by atoms with Crippen molar-refractivity contribution in [2.75, 3.05) is 6.54 Å². The third-order valence-electron chi connectivity index (χ3n) is 1.21. The summed E-state index contributed by atoms with van der Waals surface area (Å²) in [6.07, 6.45) is 0. The normalized spacial score (nSPS) is 8.77. The van der Waals surface area contributed by atoms with E-state index in [2.05, 4.69) is 4.74 Å². The fourth-order valence-corrected chi connectivity index (χ4v) is 0.676. The van der Waals surface area contributed by atoms with Crippen LogP contribution in [-0.4, -0.2) is 63.9 Å². The van der Waals surface area contributed by atoms with Crippen molar-refractivity contribution in [1.29, 1.82) is 0 Å². The SMILES string of the molecule is NCC(=O)Oc1ccc(F)cc1.[KH]. The summed E-state index contributed by atoms with van der Waals surface area (Å²) >= 11 is 0. The van der Waals surface area contributed by atoms with Crippen molar-refractivity contribution in [2.45, 2.75) is 0 Å². The Morgan fingerprint density at radius 2 is 1.92 bits per heavy atom. The second-order valence-corrected chi connectivity index (χ2v) is 2.13. The predicted octanol–water partition coefficient (Wildman–Crippen LogP) is 0.0413. The van der Waals surface area contributed by atoms with E-state index in [1.165, 1.54) is 24.3 Å². The molecule has 66 valence electrons. The number of nitrogens with two attached hydrogens (primary N) is 1. The van der Waals surface area contributed by atoms with E-state index in [0.29, 0.717) is 5.75 Å². The zero-order valence-corrected chi connectivity index (χ0v) is 6.29. The molecule has 1 aromatic carbocycles. The Kier molecular flexibility index (Phi) is 6.75. The van der Waals surface area contributed by atoms with Crippen molar-refractivity contribution < 1.29 is 13.9 Å². The van der Waals surface area contributed by atoms with Gasteiger partial charge in [-0.25, -0.2) is 4.39 Å². The van der Waals surface area contributed by atoms with Crippen molar-refractivity contribution in [1.82, 2.24) is 0 Å². The fourth-order valence-electron chi connectivity index (χ4n) is 0.676. The molecular formula is C8H9FKNO2. The topological polar surface area (TPSA) is 52.3 Å². The van der Waals surface area contributed by atoms with Crippen molar-refractivity contribution in [3.8, 4) is 5.75 Å². The van der Waals surface area contributed by atoms with Gasteiger partial charge in [-0.1, -0.05) is 0 Å². The van der Waals surface area contributed by atoms with Gasteiger partial charge in [-0.05, 0) is 24.3 Å². The Morgan fingerprint density at radius 3 is 2.38 bits per heavy atom. The first-order valence-electron chi connectivity index (χ1n) is 3.38. The number of esters is 1. The summed E-state index contributed by atoms with van der Waals surface area (Å²) in [6, 6.07) is 5.14. The van der Waals surface area contributed by atoms with Crippen LogP contribution in [0.5, 0.6) is 5.75 Å². The number of rotatable bonds is 2. The molecule has 0 amide bonds. The first kappa shape index (κ1) is 13.2. The van der Waals surface area contributed by atoms with E-state index in [0.717, 1.165) is 0 Å². The summed E-state index contributed by atoms with van der Waals surface area (Å²) in [5, 5.41) is 0. The molecule has 0 radical (unpaired) electrons. The first-order valence-corrected chi connectivity index (χ1v) is 3.38. The quantitative estimate of drug-likeness (QED) is 0.425. The molecule has 0 aromatic heterocycles. The third-order valence-corrected chi connectivity index (χ3v) is 1.21. The minimum absolute atomic E-state index is 0. The number of carbonyl (C=O) groups is 1. The van der Waals surface area contributed by atoms with Gasteiger partial charge in [0, 0.05) is 0 Å². The van der Waals surface area contributed by atoms with Crippen molar-refractivity contribution in [3.05, 3.63) is 30.1 Å². The average Bonchev–Trinajstić information content (AvgIpc) is 2.09. The number of hydrogen-bond donors (Lipinski definition) is 1. The molecule has 0 fully saturated rings. The van der Waals surface area contributed by atoms with Crippen LogP contribution >= 0.6 is 0 Å². The molecule has 2 N–H and O–H groups in total. The van der Waals surface area contributed by atoms with Crippen LogP contribution in [-0.2, 0) is 4.79 Å². The zero-order chi connectivity index (χ0) is 8.97. The summed E-state index contributed by atoms with van der Waals surface area (Å²) in [6.45, 7) is -0.183. The minimum atomic E-state index is -0.540. The van der Waals surface area contributed by atoms with Gasteiger partial charge in [0.05, 0.1) is 6.54 Å². The van der Waals surface area contributed by atoms with Crippen molar-refractivity contribution in [2.24, 2.45) is 5.73 Å². The number of carbonyl (C=O) groups excluding carboxylic acids is 1. The van der Waals surface area contributed by atoms with Gasteiger partial charge < -0.3 is 10.5 Å². The molecule has 0 aliphatic carbocycles. The van der Waals surface area contributed by atoms with E-state index in [1.807, 2.05) is 0 Å². The maximum atomic E-state index is 12.3. The number of benzene rings is 1. The van der Waals surface area contributed by atoms with Gasteiger partial charge in [0.15, 0.2) is 0 Å². The molecule has 5 heteroatoms.